The van der Waals surface area contributed by atoms with E-state index >= 15 is 0 Å². The molecular formula is C15H19BrO2. The summed E-state index contributed by atoms with van der Waals surface area (Å²) in [6, 6.07) is 0. The Labute approximate surface area is 116 Å². The number of hydrogen-bond acceptors (Lipinski definition) is 2. The van der Waals surface area contributed by atoms with Gasteiger partial charge in [0.2, 0.25) is 0 Å². The highest BCUT2D eigenvalue weighted by atomic mass is 79.9. The molecule has 18 heavy (non-hydrogen) atoms. The molecule has 0 amide bonds. The quantitative estimate of drug-likeness (QED) is 0.693. The van der Waals surface area contributed by atoms with Crippen LogP contribution < -0.4 is 0 Å². The van der Waals surface area contributed by atoms with Crippen molar-refractivity contribution >= 4 is 15.9 Å². The summed E-state index contributed by atoms with van der Waals surface area (Å²) in [5.74, 6) is 7.64. The van der Waals surface area contributed by atoms with E-state index in [1.54, 1.807) is 0 Å². The zero-order valence-corrected chi connectivity index (χ0v) is 12.2. The molecule has 0 aromatic carbocycles. The van der Waals surface area contributed by atoms with Crippen molar-refractivity contribution in [3.63, 3.8) is 0 Å². The van der Waals surface area contributed by atoms with Crippen LogP contribution in [0.4, 0.5) is 0 Å². The van der Waals surface area contributed by atoms with Gasteiger partial charge in [-0.1, -0.05) is 22.9 Å². The van der Waals surface area contributed by atoms with Crippen molar-refractivity contribution in [1.82, 2.24) is 0 Å². The zero-order valence-electron chi connectivity index (χ0n) is 10.6. The predicted molar refractivity (Wildman–Crippen MR) is 69.1 cm³/mol. The molecular weight excluding hydrogens is 292 g/mol. The maximum absolute atomic E-state index is 5.92. The maximum Gasteiger partial charge on any atom is 0.161 e. The number of hydrogen-bond donors (Lipinski definition) is 0. The lowest BCUT2D eigenvalue weighted by Gasteiger charge is -2.40. The normalized spacial score (nSPS) is 74.7. The highest BCUT2D eigenvalue weighted by Crippen LogP contribution is 2.89. The van der Waals surface area contributed by atoms with Crippen molar-refractivity contribution in [3.8, 4) is 0 Å². The molecule has 7 rings (SSSR count). The molecule has 98 valence electrons. The monoisotopic (exact) mass is 310 g/mol. The van der Waals surface area contributed by atoms with Crippen molar-refractivity contribution < 1.29 is 9.47 Å². The van der Waals surface area contributed by atoms with Crippen LogP contribution in [0.25, 0.3) is 0 Å². The lowest BCUT2D eigenvalue weighted by Crippen LogP contribution is -2.37. The summed E-state index contributed by atoms with van der Waals surface area (Å²) in [6.45, 7) is 4.22. The standard InChI is InChI=1S/C15H19BrO2/c1-15-11-6-4-5-7(9(6)13(15)16)12(15)10(8(5)11)14-17-2-3-18-14/h5-14H,2-4H2,1H3/t5-,6-,7-,8+,9+,10+,11-,12-,13-,15+/m1/s1. The first-order chi connectivity index (χ1) is 8.74. The van der Waals surface area contributed by atoms with Gasteiger partial charge in [-0.05, 0) is 53.3 Å². The van der Waals surface area contributed by atoms with E-state index in [1.807, 2.05) is 0 Å². The second-order valence-corrected chi connectivity index (χ2v) is 8.79. The van der Waals surface area contributed by atoms with Crippen molar-refractivity contribution in [3.05, 3.63) is 0 Å². The third-order valence-electron chi connectivity index (χ3n) is 7.95. The minimum Gasteiger partial charge on any atom is -0.350 e. The molecule has 7 fully saturated rings. The maximum atomic E-state index is 5.92. The Balaban J connectivity index is 1.54. The van der Waals surface area contributed by atoms with E-state index in [-0.39, 0.29) is 6.29 Å². The molecule has 6 saturated carbocycles. The molecule has 0 radical (unpaired) electrons. The van der Waals surface area contributed by atoms with Crippen LogP contribution in [0.15, 0.2) is 0 Å². The molecule has 10 atom stereocenters. The van der Waals surface area contributed by atoms with E-state index in [0.29, 0.717) is 5.41 Å². The Hall–Kier alpha value is 0.400. The fourth-order valence-electron chi connectivity index (χ4n) is 8.15. The number of ether oxygens (including phenoxy) is 2. The molecule has 1 saturated heterocycles. The summed E-state index contributed by atoms with van der Waals surface area (Å²) in [5, 5.41) is 0. The highest BCUT2D eigenvalue weighted by molar-refractivity contribution is 9.09. The third-order valence-corrected chi connectivity index (χ3v) is 9.55. The van der Waals surface area contributed by atoms with E-state index < -0.39 is 0 Å². The second-order valence-electron chi connectivity index (χ2n) is 7.80. The lowest BCUT2D eigenvalue weighted by molar-refractivity contribution is -0.101. The fourth-order valence-corrected chi connectivity index (χ4v) is 9.50. The van der Waals surface area contributed by atoms with Crippen LogP contribution in [0.1, 0.15) is 13.3 Å². The summed E-state index contributed by atoms with van der Waals surface area (Å²) in [6.07, 6.45) is 1.68. The van der Waals surface area contributed by atoms with Crippen molar-refractivity contribution in [2.24, 2.45) is 52.8 Å². The Morgan fingerprint density at radius 1 is 0.944 bits per heavy atom. The molecule has 1 heterocycles. The Bertz CT molecular complexity index is 446. The van der Waals surface area contributed by atoms with Gasteiger partial charge in [0.15, 0.2) is 6.29 Å². The first kappa shape index (κ1) is 10.2. The number of rotatable bonds is 1. The Kier molecular flexibility index (Phi) is 1.54. The lowest BCUT2D eigenvalue weighted by atomic mass is 9.64. The molecule has 6 aliphatic carbocycles. The van der Waals surface area contributed by atoms with Gasteiger partial charge in [-0.2, -0.15) is 0 Å². The van der Waals surface area contributed by atoms with E-state index in [0.717, 1.165) is 65.4 Å². The zero-order chi connectivity index (χ0) is 11.8. The van der Waals surface area contributed by atoms with Gasteiger partial charge in [0.1, 0.15) is 0 Å². The molecule has 3 heteroatoms. The van der Waals surface area contributed by atoms with Crippen molar-refractivity contribution in [2.75, 3.05) is 13.2 Å². The van der Waals surface area contributed by atoms with Crippen LogP contribution in [0.5, 0.6) is 0 Å². The fraction of sp³-hybridized carbons (Fsp3) is 1.00. The van der Waals surface area contributed by atoms with Gasteiger partial charge in [-0.15, -0.1) is 0 Å². The topological polar surface area (TPSA) is 18.5 Å². The largest absolute Gasteiger partial charge is 0.350 e. The first-order valence-electron chi connectivity index (χ1n) is 7.62. The first-order valence-corrected chi connectivity index (χ1v) is 8.53. The third kappa shape index (κ3) is 0.722. The molecule has 0 aromatic heterocycles. The average molecular weight is 311 g/mol. The number of alkyl halides is 1. The van der Waals surface area contributed by atoms with Gasteiger partial charge >= 0.3 is 0 Å². The van der Waals surface area contributed by atoms with Crippen LogP contribution in [-0.4, -0.2) is 24.3 Å². The Morgan fingerprint density at radius 3 is 2.39 bits per heavy atom. The molecule has 0 spiro atoms. The summed E-state index contributed by atoms with van der Waals surface area (Å²) >= 11 is 4.10. The predicted octanol–water partition coefficient (Wildman–Crippen LogP) is 2.52. The molecule has 1 aliphatic heterocycles. The summed E-state index contributed by atoms with van der Waals surface area (Å²) in [5.41, 5.74) is 0.567. The van der Waals surface area contributed by atoms with Gasteiger partial charge in [-0.3, -0.25) is 0 Å². The van der Waals surface area contributed by atoms with Crippen LogP contribution in [-0.2, 0) is 9.47 Å². The van der Waals surface area contributed by atoms with Crippen LogP contribution in [0.2, 0.25) is 0 Å². The van der Waals surface area contributed by atoms with Crippen molar-refractivity contribution in [1.29, 1.82) is 0 Å². The van der Waals surface area contributed by atoms with Crippen LogP contribution in [0.3, 0.4) is 0 Å². The van der Waals surface area contributed by atoms with E-state index in [4.69, 9.17) is 9.47 Å². The van der Waals surface area contributed by atoms with Crippen molar-refractivity contribution in [2.45, 2.75) is 24.5 Å². The second kappa shape index (κ2) is 2.73. The van der Waals surface area contributed by atoms with Gasteiger partial charge in [0, 0.05) is 10.7 Å². The summed E-state index contributed by atoms with van der Waals surface area (Å²) in [4.78, 5) is 0.788. The number of halogens is 1. The minimum atomic E-state index is 0.145. The molecule has 2 nitrogen and oxygen atoms in total. The SMILES string of the molecule is C[C@@]12[C@@H]3[C@@H]4C[C@@H]5[C@H]([C@H]4[C@H]1Br)[C@@H]2[C@@H](C1OCCO1)[C@H]53. The molecule has 7 aliphatic rings. The van der Waals surface area contributed by atoms with Crippen LogP contribution in [0, 0.1) is 52.8 Å². The highest BCUT2D eigenvalue weighted by Gasteiger charge is 2.87. The average Bonchev–Trinajstić information content (AvgIpc) is 3.07. The smallest absolute Gasteiger partial charge is 0.161 e. The van der Waals surface area contributed by atoms with Gasteiger partial charge in [-0.25, -0.2) is 0 Å². The van der Waals surface area contributed by atoms with E-state index in [1.165, 1.54) is 6.42 Å². The van der Waals surface area contributed by atoms with Gasteiger partial charge in [0.05, 0.1) is 13.2 Å². The summed E-state index contributed by atoms with van der Waals surface area (Å²) < 4.78 is 11.8. The molecule has 0 N–H and O–H groups in total. The van der Waals surface area contributed by atoms with Gasteiger partial charge in [0.25, 0.3) is 0 Å². The molecule has 6 bridgehead atoms. The minimum absolute atomic E-state index is 0.145. The Morgan fingerprint density at radius 2 is 1.67 bits per heavy atom. The summed E-state index contributed by atoms with van der Waals surface area (Å²) in [7, 11) is 0. The van der Waals surface area contributed by atoms with Crippen LogP contribution >= 0.6 is 15.9 Å². The van der Waals surface area contributed by atoms with E-state index in [9.17, 15) is 0 Å². The molecule has 0 unspecified atom stereocenters. The molecule has 0 aromatic rings. The van der Waals surface area contributed by atoms with E-state index in [2.05, 4.69) is 22.9 Å². The van der Waals surface area contributed by atoms with Gasteiger partial charge < -0.3 is 9.47 Å².